The Morgan fingerprint density at radius 1 is 1.17 bits per heavy atom. The second kappa shape index (κ2) is 8.81. The van der Waals surface area contributed by atoms with E-state index >= 15 is 0 Å². The molecule has 162 valence electrons. The van der Waals surface area contributed by atoms with Crippen LogP contribution < -0.4 is 10.2 Å². The molecule has 0 spiro atoms. The van der Waals surface area contributed by atoms with Crippen molar-refractivity contribution >= 4 is 29.0 Å². The molecule has 1 saturated heterocycles. The number of piperazine rings is 1. The number of nitrogens with one attached hydrogen (secondary N) is 1. The molecule has 0 aliphatic carbocycles. The number of hydrogen-bond donors (Lipinski definition) is 1. The molecule has 0 saturated carbocycles. The van der Waals surface area contributed by atoms with E-state index < -0.39 is 11.7 Å². The maximum absolute atomic E-state index is 12.8. The van der Waals surface area contributed by atoms with Crippen LogP contribution in [-0.4, -0.2) is 48.0 Å². The van der Waals surface area contributed by atoms with Crippen LogP contribution in [0.15, 0.2) is 30.5 Å². The van der Waals surface area contributed by atoms with Gasteiger partial charge in [0.25, 0.3) is 0 Å². The summed E-state index contributed by atoms with van der Waals surface area (Å²) in [6.07, 6.45) is -3.68. The highest BCUT2D eigenvalue weighted by Crippen LogP contribution is 2.33. The van der Waals surface area contributed by atoms with Crippen LogP contribution in [0.2, 0.25) is 5.02 Å². The zero-order chi connectivity index (χ0) is 22.1. The van der Waals surface area contributed by atoms with Gasteiger partial charge in [-0.25, -0.2) is 4.98 Å². The maximum atomic E-state index is 12.8. The molecule has 0 radical (unpaired) electrons. The zero-order valence-electron chi connectivity index (χ0n) is 17.1. The number of aryl methyl sites for hydroxylation is 2. The molecule has 1 aliphatic heterocycles. The van der Waals surface area contributed by atoms with E-state index in [4.69, 9.17) is 11.6 Å². The molecule has 1 aromatic carbocycles. The average Bonchev–Trinajstić information content (AvgIpc) is 2.69. The first kappa shape index (κ1) is 22.4. The van der Waals surface area contributed by atoms with Gasteiger partial charge in [0, 0.05) is 38.1 Å². The van der Waals surface area contributed by atoms with Crippen molar-refractivity contribution in [3.8, 4) is 0 Å². The van der Waals surface area contributed by atoms with E-state index in [-0.39, 0.29) is 17.0 Å². The number of carbonyl (C=O) groups is 1. The molecule has 0 bridgehead atoms. The predicted octanol–water partition coefficient (Wildman–Crippen LogP) is 4.52. The van der Waals surface area contributed by atoms with E-state index in [1.807, 2.05) is 48.8 Å². The number of benzene rings is 1. The fraction of sp³-hybridized carbons (Fsp3) is 0.429. The van der Waals surface area contributed by atoms with Crippen molar-refractivity contribution in [3.63, 3.8) is 0 Å². The fourth-order valence-electron chi connectivity index (χ4n) is 3.41. The maximum Gasteiger partial charge on any atom is 0.417 e. The highest BCUT2D eigenvalue weighted by atomic mass is 35.5. The van der Waals surface area contributed by atoms with Gasteiger partial charge in [0.05, 0.1) is 16.6 Å². The zero-order valence-corrected chi connectivity index (χ0v) is 17.8. The summed E-state index contributed by atoms with van der Waals surface area (Å²) >= 11 is 6.05. The van der Waals surface area contributed by atoms with E-state index in [0.29, 0.717) is 32.0 Å². The highest BCUT2D eigenvalue weighted by Gasteiger charge is 2.33. The SMILES string of the molecule is Cc1ccc(C)c(NC(=O)C(C)N2CCN(c3ncc(C(F)(F)F)cc3Cl)CC2)c1. The van der Waals surface area contributed by atoms with E-state index in [9.17, 15) is 18.0 Å². The molecule has 9 heteroatoms. The highest BCUT2D eigenvalue weighted by molar-refractivity contribution is 6.33. The molecule has 1 aliphatic rings. The van der Waals surface area contributed by atoms with Gasteiger partial charge in [0.1, 0.15) is 5.82 Å². The molecular formula is C21H24ClF3N4O. The molecule has 1 N–H and O–H groups in total. The lowest BCUT2D eigenvalue weighted by Gasteiger charge is -2.38. The van der Waals surface area contributed by atoms with Crippen molar-refractivity contribution in [2.45, 2.75) is 33.0 Å². The van der Waals surface area contributed by atoms with Gasteiger partial charge in [-0.05, 0) is 44.0 Å². The monoisotopic (exact) mass is 440 g/mol. The van der Waals surface area contributed by atoms with Gasteiger partial charge >= 0.3 is 6.18 Å². The van der Waals surface area contributed by atoms with Crippen LogP contribution in [0.1, 0.15) is 23.6 Å². The molecule has 1 fully saturated rings. The summed E-state index contributed by atoms with van der Waals surface area (Å²) in [6.45, 7) is 7.93. The third-order valence-electron chi connectivity index (χ3n) is 5.34. The van der Waals surface area contributed by atoms with Crippen molar-refractivity contribution in [3.05, 3.63) is 52.2 Å². The Bertz CT molecular complexity index is 927. The summed E-state index contributed by atoms with van der Waals surface area (Å²) in [5, 5.41) is 2.96. The van der Waals surface area contributed by atoms with Crippen LogP contribution in [-0.2, 0) is 11.0 Å². The van der Waals surface area contributed by atoms with Crippen molar-refractivity contribution in [1.29, 1.82) is 0 Å². The second-order valence-corrected chi connectivity index (χ2v) is 7.94. The minimum absolute atomic E-state index is 0.0287. The summed E-state index contributed by atoms with van der Waals surface area (Å²) in [5.74, 6) is 0.236. The van der Waals surface area contributed by atoms with Gasteiger partial charge in [-0.2, -0.15) is 13.2 Å². The van der Waals surface area contributed by atoms with Gasteiger partial charge < -0.3 is 10.2 Å². The molecule has 5 nitrogen and oxygen atoms in total. The number of carbonyl (C=O) groups excluding carboxylic acids is 1. The van der Waals surface area contributed by atoms with E-state index in [2.05, 4.69) is 10.3 Å². The Morgan fingerprint density at radius 3 is 2.43 bits per heavy atom. The Labute approximate surface area is 178 Å². The summed E-state index contributed by atoms with van der Waals surface area (Å²) in [7, 11) is 0. The van der Waals surface area contributed by atoms with Crippen molar-refractivity contribution in [1.82, 2.24) is 9.88 Å². The smallest absolute Gasteiger partial charge is 0.353 e. The lowest BCUT2D eigenvalue weighted by atomic mass is 10.1. The number of pyridine rings is 1. The number of nitrogens with zero attached hydrogens (tertiary/aromatic N) is 3. The molecule has 1 aromatic heterocycles. The van der Waals surface area contributed by atoms with Crippen LogP contribution in [0.3, 0.4) is 0 Å². The van der Waals surface area contributed by atoms with E-state index in [1.54, 1.807) is 0 Å². The first-order valence-electron chi connectivity index (χ1n) is 9.66. The predicted molar refractivity (Wildman–Crippen MR) is 112 cm³/mol. The standard InChI is InChI=1S/C21H24ClF3N4O/c1-13-4-5-14(2)18(10-13)27-20(30)15(3)28-6-8-29(9-7-28)19-17(22)11-16(12-26-19)21(23,24)25/h4-5,10-12,15H,6-9H2,1-3H3,(H,27,30). The first-order chi connectivity index (χ1) is 14.1. The summed E-state index contributed by atoms with van der Waals surface area (Å²) in [5.41, 5.74) is 1.99. The summed E-state index contributed by atoms with van der Waals surface area (Å²) in [6, 6.07) is 6.46. The Morgan fingerprint density at radius 2 is 1.83 bits per heavy atom. The van der Waals surface area contributed by atoms with E-state index in [0.717, 1.165) is 29.1 Å². The third-order valence-corrected chi connectivity index (χ3v) is 5.62. The lowest BCUT2D eigenvalue weighted by Crippen LogP contribution is -2.53. The molecule has 1 atom stereocenters. The number of halogens is 4. The number of hydrogen-bond acceptors (Lipinski definition) is 4. The van der Waals surface area contributed by atoms with Crippen LogP contribution in [0, 0.1) is 13.8 Å². The normalized spacial score (nSPS) is 16.4. The summed E-state index contributed by atoms with van der Waals surface area (Å²) < 4.78 is 38.4. The van der Waals surface area contributed by atoms with Gasteiger partial charge in [0.15, 0.2) is 0 Å². The largest absolute Gasteiger partial charge is 0.417 e. The molecule has 30 heavy (non-hydrogen) atoms. The second-order valence-electron chi connectivity index (χ2n) is 7.53. The Kier molecular flexibility index (Phi) is 6.57. The van der Waals surface area contributed by atoms with Gasteiger partial charge in [-0.1, -0.05) is 23.7 Å². The van der Waals surface area contributed by atoms with Gasteiger partial charge in [-0.15, -0.1) is 0 Å². The van der Waals surface area contributed by atoms with Gasteiger partial charge in [0.2, 0.25) is 5.91 Å². The number of alkyl halides is 3. The molecule has 3 rings (SSSR count). The number of amides is 1. The van der Waals surface area contributed by atoms with Crippen molar-refractivity contribution in [2.75, 3.05) is 36.4 Å². The molecule has 1 amide bonds. The fourth-order valence-corrected chi connectivity index (χ4v) is 3.70. The van der Waals surface area contributed by atoms with Crippen LogP contribution in [0.5, 0.6) is 0 Å². The first-order valence-corrected chi connectivity index (χ1v) is 10.0. The minimum atomic E-state index is -4.48. The van der Waals surface area contributed by atoms with Crippen molar-refractivity contribution < 1.29 is 18.0 Å². The Balaban J connectivity index is 1.61. The number of rotatable bonds is 4. The minimum Gasteiger partial charge on any atom is -0.353 e. The Hall–Kier alpha value is -2.32. The molecule has 1 unspecified atom stereocenters. The number of aromatic nitrogens is 1. The topological polar surface area (TPSA) is 48.5 Å². The molecular weight excluding hydrogens is 417 g/mol. The van der Waals surface area contributed by atoms with E-state index in [1.165, 1.54) is 0 Å². The summed E-state index contributed by atoms with van der Waals surface area (Å²) in [4.78, 5) is 20.5. The van der Waals surface area contributed by atoms with Crippen LogP contribution >= 0.6 is 11.6 Å². The van der Waals surface area contributed by atoms with Crippen LogP contribution in [0.4, 0.5) is 24.7 Å². The van der Waals surface area contributed by atoms with Crippen molar-refractivity contribution in [2.24, 2.45) is 0 Å². The quantitative estimate of drug-likeness (QED) is 0.759. The van der Waals surface area contributed by atoms with Gasteiger partial charge in [-0.3, -0.25) is 9.69 Å². The lowest BCUT2D eigenvalue weighted by molar-refractivity contribution is -0.137. The van der Waals surface area contributed by atoms with Crippen LogP contribution in [0.25, 0.3) is 0 Å². The average molecular weight is 441 g/mol. The molecule has 2 heterocycles. The third kappa shape index (κ3) is 5.05. The molecule has 2 aromatic rings. The number of anilines is 2.